The summed E-state index contributed by atoms with van der Waals surface area (Å²) in [5.74, 6) is 1.51. The fraction of sp³-hybridized carbons (Fsp3) is 0.415. The second-order valence-corrected chi connectivity index (χ2v) is 13.5. The van der Waals surface area contributed by atoms with Crippen LogP contribution in [0.3, 0.4) is 0 Å². The summed E-state index contributed by atoms with van der Waals surface area (Å²) in [6, 6.07) is 34.3. The van der Waals surface area contributed by atoms with Gasteiger partial charge >= 0.3 is 0 Å². The average Bonchev–Trinajstić information content (AvgIpc) is 3.42. The molecule has 4 aromatic rings. The number of aliphatic hydroxyl groups is 2. The summed E-state index contributed by atoms with van der Waals surface area (Å²) in [6.07, 6.45) is 6.38. The summed E-state index contributed by atoms with van der Waals surface area (Å²) in [6.45, 7) is 6.11. The Labute approximate surface area is 279 Å². The predicted octanol–water partition coefficient (Wildman–Crippen LogP) is 6.50. The Morgan fingerprint density at radius 2 is 0.894 bits per heavy atom. The van der Waals surface area contributed by atoms with Crippen LogP contribution in [-0.4, -0.2) is 84.7 Å². The van der Waals surface area contributed by atoms with Crippen molar-refractivity contribution in [1.29, 1.82) is 0 Å². The highest BCUT2D eigenvalue weighted by molar-refractivity contribution is 5.86. The monoisotopic (exact) mass is 632 g/mol. The van der Waals surface area contributed by atoms with Crippen LogP contribution in [0.4, 0.5) is 0 Å². The van der Waals surface area contributed by atoms with Crippen molar-refractivity contribution >= 4 is 0 Å². The van der Waals surface area contributed by atoms with Crippen molar-refractivity contribution in [2.45, 2.75) is 56.1 Å². The number of fused-ring (bicyclic) bond motifs is 3. The lowest BCUT2D eigenvalue weighted by Gasteiger charge is -2.34. The third-order valence-corrected chi connectivity index (χ3v) is 10.2. The topological polar surface area (TPSA) is 65.4 Å². The van der Waals surface area contributed by atoms with Crippen molar-refractivity contribution in [2.24, 2.45) is 0 Å². The molecule has 0 radical (unpaired) electrons. The maximum Gasteiger partial charge on any atom is 0.119 e. The molecule has 47 heavy (non-hydrogen) atoms. The van der Waals surface area contributed by atoms with Crippen LogP contribution in [0.15, 0.2) is 97.1 Å². The van der Waals surface area contributed by atoms with Crippen LogP contribution in [0, 0.1) is 0 Å². The summed E-state index contributed by atoms with van der Waals surface area (Å²) in [5, 5.41) is 21.3. The van der Waals surface area contributed by atoms with E-state index in [2.05, 4.69) is 82.6 Å². The van der Waals surface area contributed by atoms with E-state index in [1.807, 2.05) is 24.3 Å². The van der Waals surface area contributed by atoms with Gasteiger partial charge in [0.15, 0.2) is 0 Å². The molecule has 0 amide bonds. The van der Waals surface area contributed by atoms with E-state index in [1.165, 1.54) is 60.8 Å². The van der Waals surface area contributed by atoms with Gasteiger partial charge in [-0.05, 0) is 110 Å². The number of rotatable bonds is 12. The van der Waals surface area contributed by atoms with Gasteiger partial charge in [0.2, 0.25) is 0 Å². The largest absolute Gasteiger partial charge is 0.491 e. The molecule has 2 aliphatic heterocycles. The molecule has 2 heterocycles. The highest BCUT2D eigenvalue weighted by Crippen LogP contribution is 2.56. The maximum atomic E-state index is 10.7. The van der Waals surface area contributed by atoms with Gasteiger partial charge in [-0.15, -0.1) is 0 Å². The van der Waals surface area contributed by atoms with Gasteiger partial charge < -0.3 is 29.5 Å². The zero-order valence-electron chi connectivity index (χ0n) is 27.4. The standard InChI is InChI=1S/C41H48N2O4/c44-33(27-42-23-7-1-8-24-42)29-46-35-19-15-31(16-20-35)41(39-13-5-3-11-37(39)38-12-4-6-14-40(38)41)32-17-21-36(22-18-32)47-30-34(45)28-43-25-9-2-10-26-43/h3-6,11-22,33-34,44-45H,1-2,7-10,23-30H2/t33-,34+. The van der Waals surface area contributed by atoms with Gasteiger partial charge in [-0.3, -0.25) is 0 Å². The number of ether oxygens (including phenoxy) is 2. The molecule has 1 aliphatic carbocycles. The molecule has 0 aromatic heterocycles. The van der Waals surface area contributed by atoms with Crippen molar-refractivity contribution in [3.63, 3.8) is 0 Å². The summed E-state index contributed by atoms with van der Waals surface area (Å²) in [7, 11) is 0. The molecule has 2 fully saturated rings. The maximum absolute atomic E-state index is 10.7. The molecule has 4 aromatic carbocycles. The molecule has 0 saturated carbocycles. The number of aliphatic hydroxyl groups excluding tert-OH is 2. The number of nitrogens with zero attached hydrogens (tertiary/aromatic N) is 2. The number of benzene rings is 4. The molecule has 2 N–H and O–H groups in total. The summed E-state index contributed by atoms with van der Waals surface area (Å²) in [4.78, 5) is 4.68. The smallest absolute Gasteiger partial charge is 0.119 e. The molecule has 0 unspecified atom stereocenters. The van der Waals surface area contributed by atoms with Crippen LogP contribution < -0.4 is 9.47 Å². The van der Waals surface area contributed by atoms with Gasteiger partial charge in [0.25, 0.3) is 0 Å². The van der Waals surface area contributed by atoms with Crippen molar-refractivity contribution in [1.82, 2.24) is 9.80 Å². The van der Waals surface area contributed by atoms with Gasteiger partial charge in [0.05, 0.1) is 5.41 Å². The molecular formula is C41H48N2O4. The number of hydrogen-bond donors (Lipinski definition) is 2. The first-order valence-electron chi connectivity index (χ1n) is 17.6. The Morgan fingerprint density at radius 1 is 0.511 bits per heavy atom. The lowest BCUT2D eigenvalue weighted by Crippen LogP contribution is -2.38. The number of likely N-dealkylation sites (tertiary alicyclic amines) is 2. The Hall–Kier alpha value is -3.68. The van der Waals surface area contributed by atoms with E-state index in [0.717, 1.165) is 48.8 Å². The van der Waals surface area contributed by atoms with Crippen LogP contribution in [0.25, 0.3) is 11.1 Å². The van der Waals surface area contributed by atoms with Crippen LogP contribution in [0.5, 0.6) is 11.5 Å². The third-order valence-electron chi connectivity index (χ3n) is 10.2. The number of hydrogen-bond acceptors (Lipinski definition) is 6. The van der Waals surface area contributed by atoms with Crippen molar-refractivity contribution in [3.8, 4) is 22.6 Å². The average molecular weight is 633 g/mol. The first-order valence-corrected chi connectivity index (χ1v) is 17.6. The molecular weight excluding hydrogens is 584 g/mol. The van der Waals surface area contributed by atoms with Crippen molar-refractivity contribution < 1.29 is 19.7 Å². The minimum atomic E-state index is -0.522. The fourth-order valence-electron chi connectivity index (χ4n) is 8.00. The number of piperidine rings is 2. The molecule has 6 heteroatoms. The highest BCUT2D eigenvalue weighted by atomic mass is 16.5. The van der Waals surface area contributed by atoms with Gasteiger partial charge in [-0.25, -0.2) is 0 Å². The fourth-order valence-corrected chi connectivity index (χ4v) is 8.00. The third kappa shape index (κ3) is 6.84. The van der Waals surface area contributed by atoms with Crippen LogP contribution in [0.1, 0.15) is 60.8 Å². The van der Waals surface area contributed by atoms with E-state index in [0.29, 0.717) is 13.1 Å². The zero-order chi connectivity index (χ0) is 32.1. The van der Waals surface area contributed by atoms with E-state index >= 15 is 0 Å². The van der Waals surface area contributed by atoms with Crippen molar-refractivity contribution in [3.05, 3.63) is 119 Å². The summed E-state index contributed by atoms with van der Waals surface area (Å²) in [5.41, 5.74) is 6.76. The normalized spacial score (nSPS) is 19.0. The molecule has 2 saturated heterocycles. The number of β-amino-alcohol motifs (C(OH)–C–C–N with tert-alkyl or cyclic N) is 2. The van der Waals surface area contributed by atoms with Gasteiger partial charge in [0, 0.05) is 13.1 Å². The van der Waals surface area contributed by atoms with E-state index < -0.39 is 17.6 Å². The lowest BCUT2D eigenvalue weighted by atomic mass is 9.68. The second-order valence-electron chi connectivity index (χ2n) is 13.5. The van der Waals surface area contributed by atoms with Gasteiger partial charge in [-0.1, -0.05) is 85.6 Å². The van der Waals surface area contributed by atoms with E-state index in [1.54, 1.807) is 0 Å². The molecule has 2 atom stereocenters. The van der Waals surface area contributed by atoms with Gasteiger partial charge in [0.1, 0.15) is 36.9 Å². The Bertz CT molecular complexity index is 1470. The van der Waals surface area contributed by atoms with Crippen LogP contribution >= 0.6 is 0 Å². The quantitative estimate of drug-likeness (QED) is 0.164. The first kappa shape index (κ1) is 31.9. The molecule has 3 aliphatic rings. The van der Waals surface area contributed by atoms with E-state index in [9.17, 15) is 10.2 Å². The first-order chi connectivity index (χ1) is 23.1. The molecule has 246 valence electrons. The van der Waals surface area contributed by atoms with Crippen LogP contribution in [-0.2, 0) is 5.41 Å². The predicted molar refractivity (Wildman–Crippen MR) is 187 cm³/mol. The summed E-state index contributed by atoms with van der Waals surface area (Å²) < 4.78 is 12.2. The summed E-state index contributed by atoms with van der Waals surface area (Å²) >= 11 is 0. The zero-order valence-corrected chi connectivity index (χ0v) is 27.4. The molecule has 0 spiro atoms. The Morgan fingerprint density at radius 3 is 1.30 bits per heavy atom. The lowest BCUT2D eigenvalue weighted by molar-refractivity contribution is 0.0616. The van der Waals surface area contributed by atoms with Crippen molar-refractivity contribution in [2.75, 3.05) is 52.5 Å². The molecule has 7 rings (SSSR count). The highest BCUT2D eigenvalue weighted by Gasteiger charge is 2.45. The Balaban J connectivity index is 1.13. The second kappa shape index (κ2) is 14.6. The molecule has 6 nitrogen and oxygen atoms in total. The van der Waals surface area contributed by atoms with E-state index in [-0.39, 0.29) is 13.2 Å². The minimum Gasteiger partial charge on any atom is -0.491 e. The molecule has 0 bridgehead atoms. The Kier molecular flexibility index (Phi) is 9.92. The SMILES string of the molecule is O[C@H](COc1ccc(C2(c3ccc(OC[C@H](O)CN4CCCCC4)cc3)c3ccccc3-c3ccccc32)cc1)CN1CCCCC1. The minimum absolute atomic E-state index is 0.279. The van der Waals surface area contributed by atoms with Crippen LogP contribution in [0.2, 0.25) is 0 Å². The van der Waals surface area contributed by atoms with Gasteiger partial charge in [-0.2, -0.15) is 0 Å². The van der Waals surface area contributed by atoms with E-state index in [4.69, 9.17) is 9.47 Å².